The van der Waals surface area contributed by atoms with Crippen molar-refractivity contribution in [1.82, 2.24) is 4.98 Å². The molecule has 1 unspecified atom stereocenters. The number of carbonyl (C=O) groups is 3. The smallest absolute Gasteiger partial charge is 0.326 e. The molecule has 5 aromatic rings. The molecule has 8 heteroatoms. The molecule has 0 radical (unpaired) electrons. The van der Waals surface area contributed by atoms with Gasteiger partial charge in [-0.3, -0.25) is 14.6 Å². The number of pyridine rings is 1. The highest BCUT2D eigenvalue weighted by molar-refractivity contribution is 6.12. The average Bonchev–Trinajstić information content (AvgIpc) is 3.08. The molecule has 1 amide bonds. The first-order valence-corrected chi connectivity index (χ1v) is 14.2. The lowest BCUT2D eigenvalue weighted by molar-refractivity contribution is -0.137. The van der Waals surface area contributed by atoms with Gasteiger partial charge in [0.25, 0.3) is 5.91 Å². The van der Waals surface area contributed by atoms with Crippen molar-refractivity contribution in [3.05, 3.63) is 156 Å². The number of aromatic nitrogens is 1. The highest BCUT2D eigenvalue weighted by atomic mass is 16.5. The molecule has 1 aromatic heterocycles. The fraction of sp³-hybridized carbons (Fsp3) is 0.111. The first-order chi connectivity index (χ1) is 21.5. The molecule has 44 heavy (non-hydrogen) atoms. The molecule has 0 saturated heterocycles. The molecule has 0 aliphatic carbocycles. The zero-order valence-corrected chi connectivity index (χ0v) is 23.9. The molecule has 220 valence electrons. The molecule has 0 spiro atoms. The number of aliphatic carboxylic acids is 1. The van der Waals surface area contributed by atoms with Crippen molar-refractivity contribution in [1.29, 1.82) is 0 Å². The number of carboxylic acids is 1. The van der Waals surface area contributed by atoms with Gasteiger partial charge in [0, 0.05) is 41.3 Å². The van der Waals surface area contributed by atoms with Gasteiger partial charge in [-0.05, 0) is 54.1 Å². The molecule has 0 saturated carbocycles. The quantitative estimate of drug-likeness (QED) is 0.160. The number of hydrogen-bond acceptors (Lipinski definition) is 6. The van der Waals surface area contributed by atoms with Crippen LogP contribution in [0.2, 0.25) is 0 Å². The average molecular weight is 586 g/mol. The van der Waals surface area contributed by atoms with Crippen molar-refractivity contribution in [2.24, 2.45) is 0 Å². The van der Waals surface area contributed by atoms with Crippen LogP contribution in [-0.2, 0) is 11.2 Å². The Labute approximate surface area is 255 Å². The first-order valence-electron chi connectivity index (χ1n) is 14.2. The van der Waals surface area contributed by atoms with Crippen LogP contribution in [0, 0.1) is 0 Å². The lowest BCUT2D eigenvalue weighted by Crippen LogP contribution is -2.34. The van der Waals surface area contributed by atoms with Crippen molar-refractivity contribution in [2.75, 3.05) is 23.4 Å². The Morgan fingerprint density at radius 2 is 1.43 bits per heavy atom. The summed E-state index contributed by atoms with van der Waals surface area (Å²) in [6.45, 7) is 0.553. The topological polar surface area (TPSA) is 109 Å². The summed E-state index contributed by atoms with van der Waals surface area (Å²) >= 11 is 0. The third-order valence-electron chi connectivity index (χ3n) is 7.00. The molecule has 8 nitrogen and oxygen atoms in total. The Kier molecular flexibility index (Phi) is 9.74. The molecule has 0 aliphatic heterocycles. The summed E-state index contributed by atoms with van der Waals surface area (Å²) in [4.78, 5) is 44.2. The first kappa shape index (κ1) is 29.7. The number of para-hydroxylation sites is 2. The van der Waals surface area contributed by atoms with E-state index in [9.17, 15) is 19.5 Å². The number of nitrogens with one attached hydrogen (secondary N) is 1. The van der Waals surface area contributed by atoms with Crippen LogP contribution >= 0.6 is 0 Å². The van der Waals surface area contributed by atoms with Crippen molar-refractivity contribution in [3.63, 3.8) is 0 Å². The Morgan fingerprint density at radius 1 is 0.773 bits per heavy atom. The highest BCUT2D eigenvalue weighted by Crippen LogP contribution is 2.22. The predicted molar refractivity (Wildman–Crippen MR) is 169 cm³/mol. The molecule has 4 aromatic carbocycles. The third-order valence-corrected chi connectivity index (χ3v) is 7.00. The largest absolute Gasteiger partial charge is 0.492 e. The minimum atomic E-state index is -1.04. The van der Waals surface area contributed by atoms with Gasteiger partial charge in [-0.2, -0.15) is 0 Å². The number of carbonyl (C=O) groups excluding carboxylic acids is 2. The molecule has 2 N–H and O–H groups in total. The molecule has 5 rings (SSSR count). The van der Waals surface area contributed by atoms with Gasteiger partial charge in [0.1, 0.15) is 18.4 Å². The van der Waals surface area contributed by atoms with Gasteiger partial charge >= 0.3 is 5.97 Å². The minimum Gasteiger partial charge on any atom is -0.492 e. The lowest BCUT2D eigenvalue weighted by Gasteiger charge is -2.23. The number of ether oxygens (including phenoxy) is 1. The zero-order chi connectivity index (χ0) is 30.7. The number of benzene rings is 4. The van der Waals surface area contributed by atoms with Crippen molar-refractivity contribution in [2.45, 2.75) is 12.5 Å². The van der Waals surface area contributed by atoms with E-state index in [4.69, 9.17) is 4.74 Å². The van der Waals surface area contributed by atoms with E-state index in [1.165, 1.54) is 6.20 Å². The van der Waals surface area contributed by atoms with Gasteiger partial charge in [-0.15, -0.1) is 0 Å². The van der Waals surface area contributed by atoms with Crippen LogP contribution in [0.25, 0.3) is 0 Å². The van der Waals surface area contributed by atoms with Gasteiger partial charge in [-0.1, -0.05) is 72.8 Å². The molecule has 0 bridgehead atoms. The van der Waals surface area contributed by atoms with Crippen LogP contribution in [0.4, 0.5) is 11.4 Å². The second kappa shape index (κ2) is 14.4. The Hall–Kier alpha value is -5.76. The Bertz CT molecular complexity index is 1700. The summed E-state index contributed by atoms with van der Waals surface area (Å²) in [6, 6.07) is 34.8. The second-order valence-electron chi connectivity index (χ2n) is 10.0. The summed E-state index contributed by atoms with van der Waals surface area (Å²) in [6.07, 6.45) is 3.35. The molecule has 1 atom stereocenters. The predicted octanol–water partition coefficient (Wildman–Crippen LogP) is 6.15. The lowest BCUT2D eigenvalue weighted by atomic mass is 10.00. The van der Waals surface area contributed by atoms with Gasteiger partial charge in [-0.25, -0.2) is 4.79 Å². The zero-order valence-electron chi connectivity index (χ0n) is 23.9. The van der Waals surface area contributed by atoms with Crippen LogP contribution in [0.3, 0.4) is 0 Å². The molecular formula is C36H31N3O5. The number of carboxylic acid groups (broad SMARTS) is 1. The van der Waals surface area contributed by atoms with Crippen LogP contribution in [0.1, 0.15) is 31.8 Å². The number of anilines is 2. The standard InChI is InChI=1S/C36H31N3O5/c40-34(27-10-3-1-4-11-27)31-15-7-8-16-32(31)38-33(36(42)43)24-26-17-19-30(20-18-26)44-23-22-39(29-13-5-2-6-14-29)35(41)28-12-9-21-37-25-28/h1-21,25,33,38H,22-24H2,(H,42,43). The summed E-state index contributed by atoms with van der Waals surface area (Å²) in [5.41, 5.74) is 3.39. The SMILES string of the molecule is O=C(c1ccccc1)c1ccccc1NC(Cc1ccc(OCCN(C(=O)c2cccnc2)c2ccccc2)cc1)C(=O)O. The highest BCUT2D eigenvalue weighted by Gasteiger charge is 2.22. The van der Waals surface area contributed by atoms with Crippen molar-refractivity contribution < 1.29 is 24.2 Å². The molecule has 0 aliphatic rings. The molecule has 1 heterocycles. The number of nitrogens with zero attached hydrogens (tertiary/aromatic N) is 2. The van der Waals surface area contributed by atoms with Gasteiger partial charge < -0.3 is 20.1 Å². The van der Waals surface area contributed by atoms with Crippen LogP contribution in [-0.4, -0.2) is 46.9 Å². The second-order valence-corrected chi connectivity index (χ2v) is 10.0. The van der Waals surface area contributed by atoms with E-state index in [0.29, 0.717) is 34.7 Å². The summed E-state index contributed by atoms with van der Waals surface area (Å²) in [5.74, 6) is -0.810. The van der Waals surface area contributed by atoms with Gasteiger partial charge in [0.15, 0.2) is 5.78 Å². The van der Waals surface area contributed by atoms with E-state index < -0.39 is 12.0 Å². The van der Waals surface area contributed by atoms with Gasteiger partial charge in [0.2, 0.25) is 0 Å². The van der Waals surface area contributed by atoms with Crippen molar-refractivity contribution in [3.8, 4) is 5.75 Å². The van der Waals surface area contributed by atoms with E-state index in [-0.39, 0.29) is 24.7 Å². The molecule has 0 fully saturated rings. The monoisotopic (exact) mass is 585 g/mol. The number of amides is 1. The summed E-state index contributed by atoms with van der Waals surface area (Å²) in [7, 11) is 0. The summed E-state index contributed by atoms with van der Waals surface area (Å²) < 4.78 is 5.95. The number of rotatable bonds is 13. The Balaban J connectivity index is 1.22. The summed E-state index contributed by atoms with van der Waals surface area (Å²) in [5, 5.41) is 13.0. The van der Waals surface area contributed by atoms with E-state index in [0.717, 1.165) is 11.3 Å². The van der Waals surface area contributed by atoms with Crippen LogP contribution in [0.15, 0.2) is 134 Å². The maximum absolute atomic E-state index is 13.2. The molecular weight excluding hydrogens is 554 g/mol. The fourth-order valence-corrected chi connectivity index (χ4v) is 4.75. The van der Waals surface area contributed by atoms with E-state index in [2.05, 4.69) is 10.3 Å². The third kappa shape index (κ3) is 7.54. The number of hydrogen-bond donors (Lipinski definition) is 2. The Morgan fingerprint density at radius 3 is 2.11 bits per heavy atom. The van der Waals surface area contributed by atoms with E-state index in [1.54, 1.807) is 83.9 Å². The van der Waals surface area contributed by atoms with Crippen LogP contribution < -0.4 is 15.0 Å². The van der Waals surface area contributed by atoms with E-state index >= 15 is 0 Å². The van der Waals surface area contributed by atoms with Gasteiger partial charge in [0.05, 0.1) is 12.1 Å². The number of ketones is 1. The fourth-order valence-electron chi connectivity index (χ4n) is 4.75. The van der Waals surface area contributed by atoms with Crippen LogP contribution in [0.5, 0.6) is 5.75 Å². The minimum absolute atomic E-state index is 0.178. The maximum Gasteiger partial charge on any atom is 0.326 e. The maximum atomic E-state index is 13.2. The van der Waals surface area contributed by atoms with E-state index in [1.807, 2.05) is 48.5 Å². The van der Waals surface area contributed by atoms with Crippen molar-refractivity contribution >= 4 is 29.0 Å². The normalized spacial score (nSPS) is 11.3.